The fourth-order valence-electron chi connectivity index (χ4n) is 1.75. The van der Waals surface area contributed by atoms with Crippen molar-refractivity contribution in [2.75, 3.05) is 5.32 Å². The molecule has 0 aliphatic rings. The van der Waals surface area contributed by atoms with Gasteiger partial charge in [0, 0.05) is 16.1 Å². The zero-order chi connectivity index (χ0) is 14.5. The summed E-state index contributed by atoms with van der Waals surface area (Å²) < 4.78 is 24.4. The number of alkyl halides is 2. The molecule has 0 radical (unpaired) electrons. The molecule has 0 saturated heterocycles. The predicted octanol–water partition coefficient (Wildman–Crippen LogP) is 4.56. The summed E-state index contributed by atoms with van der Waals surface area (Å²) in [7, 11) is 0. The number of hydrogen-bond donors (Lipinski definition) is 1. The van der Waals surface area contributed by atoms with Gasteiger partial charge in [0.25, 0.3) is 11.7 Å². The molecule has 0 atom stereocenters. The molecule has 2 aromatic rings. The number of benzene rings is 2. The third-order valence-corrected chi connectivity index (χ3v) is 3.45. The van der Waals surface area contributed by atoms with Gasteiger partial charge >= 0.3 is 0 Å². The maximum atomic E-state index is 12.2. The first-order valence-electron chi connectivity index (χ1n) is 5.98. The summed E-state index contributed by atoms with van der Waals surface area (Å²) in [6, 6.07) is 13.6. The molecule has 0 aliphatic carbocycles. The van der Waals surface area contributed by atoms with Crippen LogP contribution in [0.1, 0.15) is 15.9 Å². The quantitative estimate of drug-likeness (QED) is 0.837. The summed E-state index contributed by atoms with van der Waals surface area (Å²) in [5, 5.41) is 2.74. The molecule has 5 heteroatoms. The van der Waals surface area contributed by atoms with E-state index in [4.69, 9.17) is 0 Å². The van der Waals surface area contributed by atoms with Crippen molar-refractivity contribution < 1.29 is 13.6 Å². The Balaban J connectivity index is 2.07. The van der Waals surface area contributed by atoms with Crippen LogP contribution in [0.25, 0.3) is 0 Å². The molecule has 20 heavy (non-hydrogen) atoms. The summed E-state index contributed by atoms with van der Waals surface area (Å²) in [6.07, 6.45) is 0. The number of carbonyl (C=O) groups is 1. The summed E-state index contributed by atoms with van der Waals surface area (Å²) in [5.41, 5.74) is 2.06. The number of amides is 1. The van der Waals surface area contributed by atoms with E-state index in [-0.39, 0.29) is 5.91 Å². The first-order valence-corrected chi connectivity index (χ1v) is 6.86. The van der Waals surface area contributed by atoms with E-state index in [1.807, 2.05) is 19.1 Å². The van der Waals surface area contributed by atoms with Gasteiger partial charge in [-0.1, -0.05) is 30.0 Å². The second kappa shape index (κ2) is 6.52. The zero-order valence-corrected chi connectivity index (χ0v) is 11.6. The first-order chi connectivity index (χ1) is 9.56. The van der Waals surface area contributed by atoms with Crippen LogP contribution in [0.15, 0.2) is 53.4 Å². The van der Waals surface area contributed by atoms with Gasteiger partial charge in [-0.05, 0) is 42.8 Å². The van der Waals surface area contributed by atoms with Crippen molar-refractivity contribution in [2.24, 2.45) is 0 Å². The third-order valence-electron chi connectivity index (χ3n) is 2.73. The molecule has 0 unspecified atom stereocenters. The lowest BCUT2D eigenvalue weighted by Gasteiger charge is -2.08. The molecule has 0 heterocycles. The van der Waals surface area contributed by atoms with Gasteiger partial charge in [0.05, 0.1) is 0 Å². The number of halogens is 2. The second-order valence-corrected chi connectivity index (χ2v) is 5.24. The molecule has 0 aliphatic heterocycles. The fourth-order valence-corrected chi connectivity index (χ4v) is 2.24. The van der Waals surface area contributed by atoms with Crippen LogP contribution in [0.2, 0.25) is 0 Å². The Bertz CT molecular complexity index is 599. The SMILES string of the molecule is Cc1ccccc1C(=O)Nc1ccc(SC(F)F)cc1. The summed E-state index contributed by atoms with van der Waals surface area (Å²) in [4.78, 5) is 12.5. The van der Waals surface area contributed by atoms with E-state index < -0.39 is 5.76 Å². The van der Waals surface area contributed by atoms with Crippen LogP contribution in [0.3, 0.4) is 0 Å². The van der Waals surface area contributed by atoms with E-state index in [1.165, 1.54) is 0 Å². The van der Waals surface area contributed by atoms with Crippen molar-refractivity contribution in [1.82, 2.24) is 0 Å². The van der Waals surface area contributed by atoms with E-state index in [0.29, 0.717) is 27.9 Å². The Kier molecular flexibility index (Phi) is 4.74. The first kappa shape index (κ1) is 14.5. The number of anilines is 1. The van der Waals surface area contributed by atoms with Gasteiger partial charge in [-0.2, -0.15) is 8.78 Å². The lowest BCUT2D eigenvalue weighted by molar-refractivity contribution is 0.102. The molecule has 2 nitrogen and oxygen atoms in total. The van der Waals surface area contributed by atoms with Crippen molar-refractivity contribution in [3.05, 3.63) is 59.7 Å². The highest BCUT2D eigenvalue weighted by molar-refractivity contribution is 7.99. The van der Waals surface area contributed by atoms with Gasteiger partial charge in [0.15, 0.2) is 0 Å². The number of thioether (sulfide) groups is 1. The minimum atomic E-state index is -2.44. The zero-order valence-electron chi connectivity index (χ0n) is 10.8. The Labute approximate surface area is 120 Å². The summed E-state index contributed by atoms with van der Waals surface area (Å²) in [5.74, 6) is -2.65. The monoisotopic (exact) mass is 293 g/mol. The van der Waals surface area contributed by atoms with Crippen molar-refractivity contribution in [1.29, 1.82) is 0 Å². The van der Waals surface area contributed by atoms with Crippen molar-refractivity contribution in [3.8, 4) is 0 Å². The van der Waals surface area contributed by atoms with Gasteiger partial charge < -0.3 is 5.32 Å². The molecule has 0 bridgehead atoms. The lowest BCUT2D eigenvalue weighted by Crippen LogP contribution is -2.13. The highest BCUT2D eigenvalue weighted by atomic mass is 32.2. The van der Waals surface area contributed by atoms with Crippen molar-refractivity contribution >= 4 is 23.4 Å². The largest absolute Gasteiger partial charge is 0.322 e. The standard InChI is InChI=1S/C15H13F2NOS/c1-10-4-2-3-5-13(10)14(19)18-11-6-8-12(9-7-11)20-15(16)17/h2-9,15H,1H3,(H,18,19). The molecule has 0 saturated carbocycles. The number of carbonyl (C=O) groups excluding carboxylic acids is 1. The maximum Gasteiger partial charge on any atom is 0.288 e. The second-order valence-electron chi connectivity index (χ2n) is 4.17. The average molecular weight is 293 g/mol. The molecule has 0 spiro atoms. The Morgan fingerprint density at radius 3 is 2.35 bits per heavy atom. The number of hydrogen-bond acceptors (Lipinski definition) is 2. The molecule has 0 aromatic heterocycles. The normalized spacial score (nSPS) is 10.6. The smallest absolute Gasteiger partial charge is 0.288 e. The average Bonchev–Trinajstić information content (AvgIpc) is 2.41. The molecular weight excluding hydrogens is 280 g/mol. The van der Waals surface area contributed by atoms with E-state index in [1.54, 1.807) is 36.4 Å². The highest BCUT2D eigenvalue weighted by Gasteiger charge is 2.09. The van der Waals surface area contributed by atoms with Crippen LogP contribution in [0, 0.1) is 6.92 Å². The van der Waals surface area contributed by atoms with Gasteiger partial charge in [-0.3, -0.25) is 4.79 Å². The van der Waals surface area contributed by atoms with Crippen LogP contribution in [0.5, 0.6) is 0 Å². The topological polar surface area (TPSA) is 29.1 Å². The Hall–Kier alpha value is -1.88. The molecule has 1 amide bonds. The Morgan fingerprint density at radius 1 is 1.10 bits per heavy atom. The number of rotatable bonds is 4. The highest BCUT2D eigenvalue weighted by Crippen LogP contribution is 2.26. The molecule has 0 fully saturated rings. The van der Waals surface area contributed by atoms with E-state index in [0.717, 1.165) is 5.56 Å². The number of aryl methyl sites for hydroxylation is 1. The minimum Gasteiger partial charge on any atom is -0.322 e. The van der Waals surface area contributed by atoms with E-state index in [2.05, 4.69) is 5.32 Å². The molecule has 1 N–H and O–H groups in total. The molecule has 2 aromatic carbocycles. The van der Waals surface area contributed by atoms with Crippen molar-refractivity contribution in [2.45, 2.75) is 17.6 Å². The van der Waals surface area contributed by atoms with Crippen LogP contribution < -0.4 is 5.32 Å². The molecule has 104 valence electrons. The maximum absolute atomic E-state index is 12.2. The minimum absolute atomic E-state index is 0.211. The fraction of sp³-hybridized carbons (Fsp3) is 0.133. The third kappa shape index (κ3) is 3.81. The Morgan fingerprint density at radius 2 is 1.75 bits per heavy atom. The number of nitrogens with one attached hydrogen (secondary N) is 1. The van der Waals surface area contributed by atoms with E-state index >= 15 is 0 Å². The van der Waals surface area contributed by atoms with Crippen LogP contribution in [0.4, 0.5) is 14.5 Å². The molecular formula is C15H13F2NOS. The van der Waals surface area contributed by atoms with Gasteiger partial charge in [-0.15, -0.1) is 0 Å². The van der Waals surface area contributed by atoms with Crippen molar-refractivity contribution in [3.63, 3.8) is 0 Å². The summed E-state index contributed by atoms with van der Waals surface area (Å²) >= 11 is 0.479. The lowest BCUT2D eigenvalue weighted by atomic mass is 10.1. The predicted molar refractivity (Wildman–Crippen MR) is 77.4 cm³/mol. The van der Waals surface area contributed by atoms with Crippen LogP contribution in [-0.4, -0.2) is 11.7 Å². The van der Waals surface area contributed by atoms with E-state index in [9.17, 15) is 13.6 Å². The van der Waals surface area contributed by atoms with Crippen LogP contribution in [-0.2, 0) is 0 Å². The van der Waals surface area contributed by atoms with Gasteiger partial charge in [-0.25, -0.2) is 0 Å². The van der Waals surface area contributed by atoms with Gasteiger partial charge in [0.2, 0.25) is 0 Å². The van der Waals surface area contributed by atoms with Crippen LogP contribution >= 0.6 is 11.8 Å². The van der Waals surface area contributed by atoms with Gasteiger partial charge in [0.1, 0.15) is 0 Å². The molecule has 2 rings (SSSR count). The summed E-state index contributed by atoms with van der Waals surface area (Å²) in [6.45, 7) is 1.86.